The number of aromatic nitrogens is 1. The first-order chi connectivity index (χ1) is 9.43. The molecule has 1 aromatic heterocycles. The van der Waals surface area contributed by atoms with Gasteiger partial charge in [-0.1, -0.05) is 0 Å². The van der Waals surface area contributed by atoms with E-state index in [1.54, 1.807) is 0 Å². The molecule has 0 aliphatic carbocycles. The lowest BCUT2D eigenvalue weighted by atomic mass is 10.1. The lowest BCUT2D eigenvalue weighted by molar-refractivity contribution is -0.142. The fraction of sp³-hybridized carbons (Fsp3) is 0.333. The number of esters is 1. The molecule has 1 aromatic rings. The van der Waals surface area contributed by atoms with Crippen molar-refractivity contribution in [1.82, 2.24) is 10.3 Å². The number of ether oxygens (including phenoxy) is 1. The van der Waals surface area contributed by atoms with Crippen molar-refractivity contribution in [2.24, 2.45) is 0 Å². The Morgan fingerprint density at radius 1 is 1.50 bits per heavy atom. The fourth-order valence-corrected chi connectivity index (χ4v) is 1.77. The van der Waals surface area contributed by atoms with E-state index in [4.69, 9.17) is 5.11 Å². The molecule has 1 amide bonds. The molecule has 0 spiro atoms. The van der Waals surface area contributed by atoms with Crippen molar-refractivity contribution in [2.45, 2.75) is 18.9 Å². The first-order valence-corrected chi connectivity index (χ1v) is 6.45. The highest BCUT2D eigenvalue weighted by Crippen LogP contribution is 2.09. The highest BCUT2D eigenvalue weighted by molar-refractivity contribution is 9.10. The number of halogens is 1. The summed E-state index contributed by atoms with van der Waals surface area (Å²) in [5, 5.41) is 11.4. The van der Waals surface area contributed by atoms with E-state index in [1.807, 2.05) is 0 Å². The molecule has 8 heteroatoms. The molecule has 20 heavy (non-hydrogen) atoms. The molecule has 0 aliphatic rings. The highest BCUT2D eigenvalue weighted by atomic mass is 79.9. The standard InChI is InChI=1S/C12H13BrN2O5/c1-20-10(16)3-2-8(12(18)19)15-11(17)7-4-5-14-9(13)6-7/h4-6,8H,2-3H2,1H3,(H,15,17)(H,18,19)/t8-/m1/s1. The largest absolute Gasteiger partial charge is 0.480 e. The molecule has 1 heterocycles. The molecule has 0 unspecified atom stereocenters. The molecular weight excluding hydrogens is 332 g/mol. The Balaban J connectivity index is 2.68. The molecular formula is C12H13BrN2O5. The normalized spacial score (nSPS) is 11.5. The van der Waals surface area contributed by atoms with Crippen LogP contribution in [-0.2, 0) is 14.3 Å². The van der Waals surface area contributed by atoms with Gasteiger partial charge in [-0.15, -0.1) is 0 Å². The second-order valence-corrected chi connectivity index (χ2v) is 4.66. The van der Waals surface area contributed by atoms with E-state index in [0.29, 0.717) is 4.60 Å². The highest BCUT2D eigenvalue weighted by Gasteiger charge is 2.22. The molecule has 0 fully saturated rings. The average molecular weight is 345 g/mol. The molecule has 7 nitrogen and oxygen atoms in total. The number of nitrogens with one attached hydrogen (secondary N) is 1. The lowest BCUT2D eigenvalue weighted by Gasteiger charge is -2.13. The smallest absolute Gasteiger partial charge is 0.326 e. The van der Waals surface area contributed by atoms with Gasteiger partial charge in [-0.25, -0.2) is 9.78 Å². The summed E-state index contributed by atoms with van der Waals surface area (Å²) in [6.07, 6.45) is 1.29. The Morgan fingerprint density at radius 2 is 2.20 bits per heavy atom. The zero-order valence-corrected chi connectivity index (χ0v) is 12.2. The molecule has 0 saturated carbocycles. The number of methoxy groups -OCH3 is 1. The Hall–Kier alpha value is -1.96. The van der Waals surface area contributed by atoms with Gasteiger partial charge >= 0.3 is 11.9 Å². The van der Waals surface area contributed by atoms with Gasteiger partial charge in [0.2, 0.25) is 0 Å². The molecule has 108 valence electrons. The lowest BCUT2D eigenvalue weighted by Crippen LogP contribution is -2.41. The zero-order valence-electron chi connectivity index (χ0n) is 10.6. The van der Waals surface area contributed by atoms with Crippen LogP contribution in [0.15, 0.2) is 22.9 Å². The first kappa shape index (κ1) is 16.1. The number of hydrogen-bond acceptors (Lipinski definition) is 5. The second-order valence-electron chi connectivity index (χ2n) is 3.85. The minimum atomic E-state index is -1.21. The van der Waals surface area contributed by atoms with Gasteiger partial charge < -0.3 is 15.2 Å². The van der Waals surface area contributed by atoms with Crippen LogP contribution in [0.5, 0.6) is 0 Å². The van der Waals surface area contributed by atoms with Crippen LogP contribution in [0.1, 0.15) is 23.2 Å². The summed E-state index contributed by atoms with van der Waals surface area (Å²) in [4.78, 5) is 37.8. The average Bonchev–Trinajstić information content (AvgIpc) is 2.42. The van der Waals surface area contributed by atoms with Crippen molar-refractivity contribution in [3.8, 4) is 0 Å². The van der Waals surface area contributed by atoms with E-state index in [1.165, 1.54) is 25.4 Å². The van der Waals surface area contributed by atoms with Crippen molar-refractivity contribution in [3.63, 3.8) is 0 Å². The van der Waals surface area contributed by atoms with E-state index in [9.17, 15) is 14.4 Å². The van der Waals surface area contributed by atoms with E-state index in [0.717, 1.165) is 0 Å². The Bertz CT molecular complexity index is 520. The van der Waals surface area contributed by atoms with E-state index < -0.39 is 23.9 Å². The van der Waals surface area contributed by atoms with Crippen molar-refractivity contribution in [3.05, 3.63) is 28.5 Å². The maximum atomic E-state index is 11.9. The molecule has 0 aromatic carbocycles. The minimum Gasteiger partial charge on any atom is -0.480 e. The number of hydrogen-bond donors (Lipinski definition) is 2. The zero-order chi connectivity index (χ0) is 15.1. The summed E-state index contributed by atoms with van der Waals surface area (Å²) < 4.78 is 4.89. The molecule has 0 saturated heterocycles. The number of amides is 1. The summed E-state index contributed by atoms with van der Waals surface area (Å²) in [6, 6.07) is 1.77. The Labute approximate surface area is 123 Å². The molecule has 0 bridgehead atoms. The van der Waals surface area contributed by atoms with Gasteiger partial charge in [0.25, 0.3) is 5.91 Å². The second kappa shape index (κ2) is 7.59. The molecule has 0 aliphatic heterocycles. The Morgan fingerprint density at radius 3 is 2.75 bits per heavy atom. The molecule has 1 rings (SSSR count). The number of nitrogens with zero attached hydrogens (tertiary/aromatic N) is 1. The number of carboxylic acids is 1. The van der Waals surface area contributed by atoms with E-state index in [-0.39, 0.29) is 18.4 Å². The first-order valence-electron chi connectivity index (χ1n) is 5.66. The molecule has 1 atom stereocenters. The number of carbonyl (C=O) groups excluding carboxylic acids is 2. The third-order valence-corrected chi connectivity index (χ3v) is 2.89. The number of rotatable bonds is 6. The van der Waals surface area contributed by atoms with Crippen LogP contribution in [0.2, 0.25) is 0 Å². The maximum absolute atomic E-state index is 11.9. The van der Waals surface area contributed by atoms with Crippen molar-refractivity contribution < 1.29 is 24.2 Å². The van der Waals surface area contributed by atoms with E-state index >= 15 is 0 Å². The monoisotopic (exact) mass is 344 g/mol. The van der Waals surface area contributed by atoms with Gasteiger partial charge in [-0.2, -0.15) is 0 Å². The quantitative estimate of drug-likeness (QED) is 0.588. The van der Waals surface area contributed by atoms with Crippen molar-refractivity contribution >= 4 is 33.8 Å². The van der Waals surface area contributed by atoms with Gasteiger partial charge in [0.15, 0.2) is 0 Å². The van der Waals surface area contributed by atoms with Crippen LogP contribution in [0, 0.1) is 0 Å². The van der Waals surface area contributed by atoms with Crippen LogP contribution in [0.3, 0.4) is 0 Å². The van der Waals surface area contributed by atoms with Gasteiger partial charge in [0.1, 0.15) is 10.6 Å². The van der Waals surface area contributed by atoms with Gasteiger partial charge in [0.05, 0.1) is 7.11 Å². The van der Waals surface area contributed by atoms with Crippen LogP contribution >= 0.6 is 15.9 Å². The van der Waals surface area contributed by atoms with Crippen molar-refractivity contribution in [1.29, 1.82) is 0 Å². The fourth-order valence-electron chi connectivity index (χ4n) is 1.41. The van der Waals surface area contributed by atoms with Crippen LogP contribution in [0.4, 0.5) is 0 Å². The Kier molecular flexibility index (Phi) is 6.10. The topological polar surface area (TPSA) is 106 Å². The minimum absolute atomic E-state index is 0.0417. The van der Waals surface area contributed by atoms with E-state index in [2.05, 4.69) is 31.0 Å². The number of aliphatic carboxylic acids is 1. The van der Waals surface area contributed by atoms with Crippen LogP contribution < -0.4 is 5.32 Å². The summed E-state index contributed by atoms with van der Waals surface area (Å²) >= 11 is 3.12. The number of pyridine rings is 1. The van der Waals surface area contributed by atoms with Crippen LogP contribution in [-0.4, -0.2) is 41.1 Å². The third kappa shape index (κ3) is 4.96. The summed E-state index contributed by atoms with van der Waals surface area (Å²) in [5.41, 5.74) is 0.274. The summed E-state index contributed by atoms with van der Waals surface area (Å²) in [7, 11) is 1.21. The molecule has 0 radical (unpaired) electrons. The number of carboxylic acid groups (broad SMARTS) is 1. The SMILES string of the molecule is COC(=O)CC[C@@H](NC(=O)c1ccnc(Br)c1)C(=O)O. The van der Waals surface area contributed by atoms with Gasteiger partial charge in [-0.3, -0.25) is 9.59 Å². The molecule has 2 N–H and O–H groups in total. The predicted octanol–water partition coefficient (Wildman–Crippen LogP) is 0.980. The van der Waals surface area contributed by atoms with Gasteiger partial charge in [0, 0.05) is 18.2 Å². The third-order valence-electron chi connectivity index (χ3n) is 2.46. The van der Waals surface area contributed by atoms with Gasteiger partial charge in [-0.05, 0) is 34.5 Å². The predicted molar refractivity (Wildman–Crippen MR) is 72.1 cm³/mol. The van der Waals surface area contributed by atoms with Crippen molar-refractivity contribution in [2.75, 3.05) is 7.11 Å². The van der Waals surface area contributed by atoms with Crippen LogP contribution in [0.25, 0.3) is 0 Å². The summed E-state index contributed by atoms with van der Waals surface area (Å²) in [6.45, 7) is 0. The summed E-state index contributed by atoms with van der Waals surface area (Å²) in [5.74, 6) is -2.29. The number of carbonyl (C=O) groups is 3. The maximum Gasteiger partial charge on any atom is 0.326 e.